The molecule has 0 aliphatic heterocycles. The first-order valence-electron chi connectivity index (χ1n) is 5.89. The van der Waals surface area contributed by atoms with Gasteiger partial charge in [-0.15, -0.1) is 6.58 Å². The van der Waals surface area contributed by atoms with Crippen LogP contribution in [0.3, 0.4) is 0 Å². The van der Waals surface area contributed by atoms with Crippen LogP contribution in [0.1, 0.15) is 36.2 Å². The smallest absolute Gasteiger partial charge is 0.270 e. The van der Waals surface area contributed by atoms with Crippen LogP contribution < -0.4 is 0 Å². The molecule has 94 valence electrons. The van der Waals surface area contributed by atoms with Crippen molar-refractivity contribution < 1.29 is 9.90 Å². The van der Waals surface area contributed by atoms with Gasteiger partial charge < -0.3 is 15.0 Å². The topological polar surface area (TPSA) is 56.3 Å². The number of carbonyl (C=O) groups is 1. The SMILES string of the molecule is C=CCCCCCN(C)C(=O)c1cc(O)c[nH]1. The lowest BCUT2D eigenvalue weighted by Gasteiger charge is -2.15. The number of carbonyl (C=O) groups excluding carboxylic acids is 1. The van der Waals surface area contributed by atoms with Crippen LogP contribution in [-0.4, -0.2) is 34.5 Å². The average Bonchev–Trinajstić information content (AvgIpc) is 2.74. The van der Waals surface area contributed by atoms with Gasteiger partial charge in [-0.25, -0.2) is 0 Å². The van der Waals surface area contributed by atoms with Gasteiger partial charge >= 0.3 is 0 Å². The normalized spacial score (nSPS) is 10.2. The lowest BCUT2D eigenvalue weighted by molar-refractivity contribution is 0.0787. The predicted molar refractivity (Wildman–Crippen MR) is 68.1 cm³/mol. The van der Waals surface area contributed by atoms with Gasteiger partial charge in [0.2, 0.25) is 0 Å². The Bertz CT molecular complexity index is 371. The van der Waals surface area contributed by atoms with Crippen molar-refractivity contribution in [1.82, 2.24) is 9.88 Å². The van der Waals surface area contributed by atoms with Gasteiger partial charge in [-0.2, -0.15) is 0 Å². The Morgan fingerprint density at radius 1 is 1.53 bits per heavy atom. The summed E-state index contributed by atoms with van der Waals surface area (Å²) in [5, 5.41) is 9.15. The third-order valence-corrected chi connectivity index (χ3v) is 2.65. The number of nitrogens with one attached hydrogen (secondary N) is 1. The molecule has 1 aromatic rings. The van der Waals surface area contributed by atoms with Gasteiger partial charge in [0.1, 0.15) is 11.4 Å². The lowest BCUT2D eigenvalue weighted by Crippen LogP contribution is -2.27. The van der Waals surface area contributed by atoms with Crippen LogP contribution in [0, 0.1) is 0 Å². The van der Waals surface area contributed by atoms with Crippen molar-refractivity contribution in [2.75, 3.05) is 13.6 Å². The number of amides is 1. The number of H-pyrrole nitrogens is 1. The zero-order chi connectivity index (χ0) is 12.7. The van der Waals surface area contributed by atoms with Crippen LogP contribution in [0.4, 0.5) is 0 Å². The molecule has 1 amide bonds. The molecule has 0 spiro atoms. The van der Waals surface area contributed by atoms with E-state index >= 15 is 0 Å². The number of aromatic amines is 1. The van der Waals surface area contributed by atoms with Crippen molar-refractivity contribution in [2.45, 2.75) is 25.7 Å². The highest BCUT2D eigenvalue weighted by Gasteiger charge is 2.12. The summed E-state index contributed by atoms with van der Waals surface area (Å²) in [5.41, 5.74) is 0.427. The fraction of sp³-hybridized carbons (Fsp3) is 0.462. The average molecular weight is 236 g/mol. The van der Waals surface area contributed by atoms with Gasteiger partial charge in [0.05, 0.1) is 0 Å². The summed E-state index contributed by atoms with van der Waals surface area (Å²) in [6.45, 7) is 4.40. The molecule has 1 heterocycles. The number of aromatic hydroxyl groups is 1. The summed E-state index contributed by atoms with van der Waals surface area (Å²) in [6, 6.07) is 1.44. The first kappa shape index (κ1) is 13.4. The summed E-state index contributed by atoms with van der Waals surface area (Å²) in [6.07, 6.45) is 7.56. The van der Waals surface area contributed by atoms with E-state index in [-0.39, 0.29) is 11.7 Å². The molecule has 1 aromatic heterocycles. The molecule has 0 fully saturated rings. The maximum Gasteiger partial charge on any atom is 0.270 e. The van der Waals surface area contributed by atoms with Crippen molar-refractivity contribution in [3.05, 3.63) is 30.6 Å². The molecular formula is C13H20N2O2. The van der Waals surface area contributed by atoms with Crippen molar-refractivity contribution in [3.8, 4) is 5.75 Å². The number of unbranched alkanes of at least 4 members (excludes halogenated alkanes) is 3. The highest BCUT2D eigenvalue weighted by Crippen LogP contribution is 2.11. The quantitative estimate of drug-likeness (QED) is 0.564. The van der Waals surface area contributed by atoms with E-state index in [4.69, 9.17) is 5.11 Å². The van der Waals surface area contributed by atoms with Crippen LogP contribution in [0.5, 0.6) is 5.75 Å². The Kier molecular flexibility index (Phi) is 5.33. The monoisotopic (exact) mass is 236 g/mol. The fourth-order valence-electron chi connectivity index (χ4n) is 1.63. The molecule has 4 heteroatoms. The van der Waals surface area contributed by atoms with Gasteiger partial charge in [-0.1, -0.05) is 12.5 Å². The molecular weight excluding hydrogens is 216 g/mol. The van der Waals surface area contributed by atoms with Gasteiger partial charge in [0.25, 0.3) is 5.91 Å². The summed E-state index contributed by atoms with van der Waals surface area (Å²) in [7, 11) is 1.77. The second-order valence-corrected chi connectivity index (χ2v) is 4.14. The second kappa shape index (κ2) is 6.78. The van der Waals surface area contributed by atoms with Gasteiger partial charge in [0.15, 0.2) is 0 Å². The third kappa shape index (κ3) is 4.34. The second-order valence-electron chi connectivity index (χ2n) is 4.14. The van der Waals surface area contributed by atoms with Crippen LogP contribution in [0.25, 0.3) is 0 Å². The minimum Gasteiger partial charge on any atom is -0.506 e. The maximum atomic E-state index is 11.8. The predicted octanol–water partition coefficient (Wildman–Crippen LogP) is 2.54. The number of rotatable bonds is 7. The van der Waals surface area contributed by atoms with Crippen LogP contribution in [-0.2, 0) is 0 Å². The molecule has 4 nitrogen and oxygen atoms in total. The van der Waals surface area contributed by atoms with E-state index in [0.717, 1.165) is 32.2 Å². The number of hydrogen-bond donors (Lipinski definition) is 2. The molecule has 0 aromatic carbocycles. The zero-order valence-electron chi connectivity index (χ0n) is 10.3. The van der Waals surface area contributed by atoms with Crippen LogP contribution >= 0.6 is 0 Å². The van der Waals surface area contributed by atoms with E-state index in [2.05, 4.69) is 11.6 Å². The third-order valence-electron chi connectivity index (χ3n) is 2.65. The molecule has 0 radical (unpaired) electrons. The summed E-state index contributed by atoms with van der Waals surface area (Å²) in [5.74, 6) is 0.00162. The van der Waals surface area contributed by atoms with Crippen LogP contribution in [0.2, 0.25) is 0 Å². The maximum absolute atomic E-state index is 11.8. The van der Waals surface area contributed by atoms with Crippen molar-refractivity contribution >= 4 is 5.91 Å². The van der Waals surface area contributed by atoms with Gasteiger partial charge in [0, 0.05) is 25.9 Å². The van der Waals surface area contributed by atoms with Crippen molar-refractivity contribution in [2.24, 2.45) is 0 Å². The number of aromatic nitrogens is 1. The van der Waals surface area contributed by atoms with Crippen molar-refractivity contribution in [3.63, 3.8) is 0 Å². The molecule has 0 saturated carbocycles. The van der Waals surface area contributed by atoms with E-state index in [9.17, 15) is 4.79 Å². The van der Waals surface area contributed by atoms with E-state index in [1.165, 1.54) is 12.3 Å². The zero-order valence-corrected chi connectivity index (χ0v) is 10.3. The minimum atomic E-state index is -0.0889. The largest absolute Gasteiger partial charge is 0.506 e. The van der Waals surface area contributed by atoms with Gasteiger partial charge in [-0.3, -0.25) is 4.79 Å². The molecule has 2 N–H and O–H groups in total. The molecule has 0 aliphatic rings. The molecule has 0 aliphatic carbocycles. The van der Waals surface area contributed by atoms with E-state index in [0.29, 0.717) is 5.69 Å². The molecule has 0 atom stereocenters. The Balaban J connectivity index is 2.30. The Morgan fingerprint density at radius 3 is 2.88 bits per heavy atom. The molecule has 0 saturated heterocycles. The first-order valence-corrected chi connectivity index (χ1v) is 5.89. The van der Waals surface area contributed by atoms with E-state index in [1.54, 1.807) is 11.9 Å². The molecule has 1 rings (SSSR count). The molecule has 0 unspecified atom stereocenters. The molecule has 0 bridgehead atoms. The molecule has 17 heavy (non-hydrogen) atoms. The summed E-state index contributed by atoms with van der Waals surface area (Å²) >= 11 is 0. The minimum absolute atomic E-state index is 0.0889. The first-order chi connectivity index (χ1) is 8.15. The Morgan fingerprint density at radius 2 is 2.29 bits per heavy atom. The van der Waals surface area contributed by atoms with Crippen molar-refractivity contribution in [1.29, 1.82) is 0 Å². The Labute approximate surface area is 102 Å². The highest BCUT2D eigenvalue weighted by molar-refractivity contribution is 5.92. The number of allylic oxidation sites excluding steroid dienone is 1. The summed E-state index contributed by atoms with van der Waals surface area (Å²) < 4.78 is 0. The van der Waals surface area contributed by atoms with E-state index < -0.39 is 0 Å². The number of hydrogen-bond acceptors (Lipinski definition) is 2. The lowest BCUT2D eigenvalue weighted by atomic mass is 10.2. The Hall–Kier alpha value is -1.71. The van der Waals surface area contributed by atoms with E-state index in [1.807, 2.05) is 6.08 Å². The standard InChI is InChI=1S/C13H20N2O2/c1-3-4-5-6-7-8-15(2)13(17)12-9-11(16)10-14-12/h3,9-10,14,16H,1,4-8H2,2H3. The fourth-order valence-corrected chi connectivity index (χ4v) is 1.63. The number of nitrogens with zero attached hydrogens (tertiary/aromatic N) is 1. The van der Waals surface area contributed by atoms with Gasteiger partial charge in [-0.05, 0) is 19.3 Å². The summed E-state index contributed by atoms with van der Waals surface area (Å²) in [4.78, 5) is 16.3. The van der Waals surface area contributed by atoms with Crippen LogP contribution in [0.15, 0.2) is 24.9 Å². The highest BCUT2D eigenvalue weighted by atomic mass is 16.3.